The van der Waals surface area contributed by atoms with E-state index in [1.807, 2.05) is 0 Å². The molecule has 1 spiro atoms. The number of ether oxygens (including phenoxy) is 1. The number of primary amides is 1. The van der Waals surface area contributed by atoms with E-state index in [9.17, 15) is 9.59 Å². The van der Waals surface area contributed by atoms with Crippen molar-refractivity contribution in [3.63, 3.8) is 0 Å². The molecular formula is C24H34N2O3. The number of nitrogens with zero attached hydrogens (tertiary/aromatic N) is 1. The van der Waals surface area contributed by atoms with Gasteiger partial charge in [0.25, 0.3) is 0 Å². The maximum Gasteiger partial charge on any atom is 0.404 e. The number of nitrogens with two attached hydrogens (primary N) is 1. The van der Waals surface area contributed by atoms with Crippen LogP contribution in [0.25, 0.3) is 0 Å². The Morgan fingerprint density at radius 2 is 1.79 bits per heavy atom. The summed E-state index contributed by atoms with van der Waals surface area (Å²) in [4.78, 5) is 25.8. The summed E-state index contributed by atoms with van der Waals surface area (Å²) < 4.78 is 4.95. The zero-order valence-electron chi connectivity index (χ0n) is 18.0. The van der Waals surface area contributed by atoms with Crippen LogP contribution in [-0.2, 0) is 9.53 Å². The first kappa shape index (κ1) is 20.2. The molecule has 4 rings (SSSR count). The summed E-state index contributed by atoms with van der Waals surface area (Å²) in [7, 11) is 0. The molecule has 2 amide bonds. The van der Waals surface area contributed by atoms with Gasteiger partial charge in [0.05, 0.1) is 6.61 Å². The van der Waals surface area contributed by atoms with E-state index in [-0.39, 0.29) is 11.3 Å². The number of carbonyl (C=O) groups excluding carboxylic acids is 2. The SMILES string of the molecule is Cc1ccc(C2CC3(CCN(C(=O)[C@H]4C[C@](C)(COC(N)=O)C4)CC3)C2)c(C)c1. The molecule has 0 radical (unpaired) electrons. The van der Waals surface area contributed by atoms with Crippen LogP contribution in [0.2, 0.25) is 0 Å². The van der Waals surface area contributed by atoms with Gasteiger partial charge in [0.15, 0.2) is 0 Å². The summed E-state index contributed by atoms with van der Waals surface area (Å²) in [6.07, 6.45) is 5.65. The largest absolute Gasteiger partial charge is 0.449 e. The van der Waals surface area contributed by atoms with Crippen LogP contribution in [0.3, 0.4) is 0 Å². The fourth-order valence-corrected chi connectivity index (χ4v) is 6.02. The highest BCUT2D eigenvalue weighted by molar-refractivity contribution is 5.80. The Hall–Kier alpha value is -2.04. The lowest BCUT2D eigenvalue weighted by molar-refractivity contribution is -0.148. The molecule has 5 nitrogen and oxygen atoms in total. The minimum absolute atomic E-state index is 0.0786. The molecule has 3 fully saturated rings. The number of rotatable bonds is 4. The monoisotopic (exact) mass is 398 g/mol. The molecule has 1 aliphatic heterocycles. The van der Waals surface area contributed by atoms with E-state index in [0.29, 0.717) is 23.8 Å². The van der Waals surface area contributed by atoms with Gasteiger partial charge in [-0.15, -0.1) is 0 Å². The fraction of sp³-hybridized carbons (Fsp3) is 0.667. The predicted octanol–water partition coefficient (Wildman–Crippen LogP) is 4.30. The van der Waals surface area contributed by atoms with E-state index in [1.54, 1.807) is 0 Å². The lowest BCUT2D eigenvalue weighted by atomic mass is 9.55. The van der Waals surface area contributed by atoms with Crippen LogP contribution in [0.1, 0.15) is 68.1 Å². The third-order valence-corrected chi connectivity index (χ3v) is 7.75. The summed E-state index contributed by atoms with van der Waals surface area (Å²) in [5.74, 6) is 1.06. The van der Waals surface area contributed by atoms with Gasteiger partial charge in [0, 0.05) is 24.4 Å². The van der Waals surface area contributed by atoms with Crippen LogP contribution in [0, 0.1) is 30.6 Å². The molecule has 0 bridgehead atoms. The predicted molar refractivity (Wildman–Crippen MR) is 113 cm³/mol. The third kappa shape index (κ3) is 4.01. The molecule has 3 aliphatic rings. The Morgan fingerprint density at radius 3 is 2.38 bits per heavy atom. The average Bonchev–Trinajstić information content (AvgIpc) is 2.62. The Labute approximate surface area is 174 Å². The number of benzene rings is 1. The van der Waals surface area contributed by atoms with Crippen molar-refractivity contribution in [3.05, 3.63) is 34.9 Å². The highest BCUT2D eigenvalue weighted by Gasteiger charge is 2.50. The van der Waals surface area contributed by atoms with Crippen molar-refractivity contribution in [1.82, 2.24) is 4.90 Å². The van der Waals surface area contributed by atoms with Crippen molar-refractivity contribution < 1.29 is 14.3 Å². The lowest BCUT2D eigenvalue weighted by Gasteiger charge is -2.54. The molecule has 2 saturated carbocycles. The van der Waals surface area contributed by atoms with Gasteiger partial charge in [0.2, 0.25) is 5.91 Å². The first-order valence-corrected chi connectivity index (χ1v) is 11.0. The first-order chi connectivity index (χ1) is 13.7. The van der Waals surface area contributed by atoms with E-state index in [2.05, 4.69) is 43.9 Å². The van der Waals surface area contributed by atoms with Crippen LogP contribution in [0.15, 0.2) is 18.2 Å². The van der Waals surface area contributed by atoms with E-state index in [1.165, 1.54) is 29.5 Å². The van der Waals surface area contributed by atoms with Gasteiger partial charge in [-0.05, 0) is 74.8 Å². The summed E-state index contributed by atoms with van der Waals surface area (Å²) in [5, 5.41) is 0. The maximum atomic E-state index is 12.9. The summed E-state index contributed by atoms with van der Waals surface area (Å²) >= 11 is 0. The Morgan fingerprint density at radius 1 is 1.14 bits per heavy atom. The minimum Gasteiger partial charge on any atom is -0.449 e. The normalized spacial score (nSPS) is 28.5. The van der Waals surface area contributed by atoms with Crippen LogP contribution >= 0.6 is 0 Å². The molecule has 0 aromatic heterocycles. The zero-order valence-corrected chi connectivity index (χ0v) is 18.0. The number of hydrogen-bond acceptors (Lipinski definition) is 3. The number of carbonyl (C=O) groups is 2. The minimum atomic E-state index is -0.734. The van der Waals surface area contributed by atoms with E-state index in [4.69, 9.17) is 10.5 Å². The molecule has 29 heavy (non-hydrogen) atoms. The van der Waals surface area contributed by atoms with Gasteiger partial charge in [-0.1, -0.05) is 30.7 Å². The molecule has 0 atom stereocenters. The highest BCUT2D eigenvalue weighted by Crippen LogP contribution is 2.57. The smallest absolute Gasteiger partial charge is 0.404 e. The highest BCUT2D eigenvalue weighted by atomic mass is 16.5. The number of piperidine rings is 1. The van der Waals surface area contributed by atoms with Crippen LogP contribution in [0.5, 0.6) is 0 Å². The fourth-order valence-electron chi connectivity index (χ4n) is 6.02. The lowest BCUT2D eigenvalue weighted by Crippen LogP contribution is -2.53. The van der Waals surface area contributed by atoms with Gasteiger partial charge in [-0.3, -0.25) is 4.79 Å². The van der Waals surface area contributed by atoms with Crippen LogP contribution in [-0.4, -0.2) is 36.6 Å². The van der Waals surface area contributed by atoms with Crippen molar-refractivity contribution >= 4 is 12.0 Å². The Kier molecular flexibility index (Phi) is 5.12. The van der Waals surface area contributed by atoms with Gasteiger partial charge in [-0.25, -0.2) is 4.79 Å². The number of hydrogen-bond donors (Lipinski definition) is 1. The summed E-state index contributed by atoms with van der Waals surface area (Å²) in [5.41, 5.74) is 9.68. The quantitative estimate of drug-likeness (QED) is 0.822. The molecule has 158 valence electrons. The second-order valence-electron chi connectivity index (χ2n) is 10.3. The van der Waals surface area contributed by atoms with Crippen LogP contribution in [0.4, 0.5) is 4.79 Å². The number of aryl methyl sites for hydroxylation is 2. The van der Waals surface area contributed by atoms with Crippen molar-refractivity contribution in [1.29, 1.82) is 0 Å². The second-order valence-corrected chi connectivity index (χ2v) is 10.3. The van der Waals surface area contributed by atoms with Crippen LogP contribution < -0.4 is 5.73 Å². The van der Waals surface area contributed by atoms with Gasteiger partial charge in [0.1, 0.15) is 0 Å². The first-order valence-electron chi connectivity index (χ1n) is 11.0. The van der Waals surface area contributed by atoms with Crippen molar-refractivity contribution in [3.8, 4) is 0 Å². The van der Waals surface area contributed by atoms with Crippen molar-refractivity contribution in [2.24, 2.45) is 22.5 Å². The third-order valence-electron chi connectivity index (χ3n) is 7.75. The maximum absolute atomic E-state index is 12.9. The number of likely N-dealkylation sites (tertiary alicyclic amines) is 1. The topological polar surface area (TPSA) is 72.6 Å². The summed E-state index contributed by atoms with van der Waals surface area (Å²) in [6.45, 7) is 8.55. The number of amides is 2. The standard InChI is InChI=1S/C24H34N2O3/c1-16-4-5-20(17(2)10-16)18-13-24(14-18)6-8-26(9-7-24)21(27)19-11-23(3,12-19)15-29-22(25)28/h4-5,10,18-19H,6-9,11-15H2,1-3H3,(H2,25,28)/t19-,23-. The molecule has 5 heteroatoms. The molecule has 2 aliphatic carbocycles. The van der Waals surface area contributed by atoms with Crippen molar-refractivity contribution in [2.45, 2.75) is 65.2 Å². The average molecular weight is 399 g/mol. The molecular weight excluding hydrogens is 364 g/mol. The molecule has 0 unspecified atom stereocenters. The zero-order chi connectivity index (χ0) is 20.8. The summed E-state index contributed by atoms with van der Waals surface area (Å²) in [6, 6.07) is 6.84. The van der Waals surface area contributed by atoms with E-state index in [0.717, 1.165) is 38.8 Å². The van der Waals surface area contributed by atoms with Gasteiger partial charge >= 0.3 is 6.09 Å². The van der Waals surface area contributed by atoms with Gasteiger partial charge in [-0.2, -0.15) is 0 Å². The molecule has 1 heterocycles. The Bertz CT molecular complexity index is 796. The molecule has 1 aromatic rings. The van der Waals surface area contributed by atoms with Crippen molar-refractivity contribution in [2.75, 3.05) is 19.7 Å². The van der Waals surface area contributed by atoms with Gasteiger partial charge < -0.3 is 15.4 Å². The molecule has 1 saturated heterocycles. The second kappa shape index (κ2) is 7.33. The van der Waals surface area contributed by atoms with E-state index < -0.39 is 6.09 Å². The molecule has 2 N–H and O–H groups in total. The Balaban J connectivity index is 1.24. The van der Waals surface area contributed by atoms with E-state index >= 15 is 0 Å². The molecule has 1 aromatic carbocycles.